The summed E-state index contributed by atoms with van der Waals surface area (Å²) >= 11 is 0. The van der Waals surface area contributed by atoms with E-state index in [2.05, 4.69) is 41.8 Å². The molecule has 1 heterocycles. The normalized spacial score (nSPS) is 17.8. The molecule has 1 aliphatic heterocycles. The van der Waals surface area contributed by atoms with Gasteiger partial charge in [-0.2, -0.15) is 10.3 Å². The van der Waals surface area contributed by atoms with Crippen LogP contribution in [0.3, 0.4) is 0 Å². The van der Waals surface area contributed by atoms with Crippen LogP contribution >= 0.6 is 0 Å². The molecule has 0 aromatic heterocycles. The lowest BCUT2D eigenvalue weighted by molar-refractivity contribution is 0.169. The number of benzene rings is 3. The molecule has 0 saturated carbocycles. The van der Waals surface area contributed by atoms with Gasteiger partial charge in [0.15, 0.2) is 0 Å². The molecule has 1 aliphatic rings. The van der Waals surface area contributed by atoms with Crippen molar-refractivity contribution in [2.24, 2.45) is 0 Å². The van der Waals surface area contributed by atoms with Crippen molar-refractivity contribution in [3.8, 4) is 6.07 Å². The molecule has 0 spiro atoms. The number of hydrogen-bond donors (Lipinski definition) is 1. The van der Waals surface area contributed by atoms with E-state index in [1.807, 2.05) is 71.7 Å². The van der Waals surface area contributed by atoms with Gasteiger partial charge in [0.05, 0.1) is 17.8 Å². The van der Waals surface area contributed by atoms with Gasteiger partial charge in [0.1, 0.15) is 6.04 Å². The second kappa shape index (κ2) is 7.26. The molecule has 0 unspecified atom stereocenters. The van der Waals surface area contributed by atoms with Crippen LogP contribution in [0.4, 0.5) is 0 Å². The second-order valence-electron chi connectivity index (χ2n) is 6.26. The van der Waals surface area contributed by atoms with Crippen LogP contribution in [-0.4, -0.2) is 5.01 Å². The van der Waals surface area contributed by atoms with E-state index in [-0.39, 0.29) is 12.1 Å². The van der Waals surface area contributed by atoms with E-state index >= 15 is 0 Å². The highest BCUT2D eigenvalue weighted by Crippen LogP contribution is 2.36. The third kappa shape index (κ3) is 3.11. The summed E-state index contributed by atoms with van der Waals surface area (Å²) in [6, 6.07) is 32.5. The quantitative estimate of drug-likeness (QED) is 0.739. The molecule has 3 aromatic carbocycles. The standard InChI is InChI=1S/C23H19N3/c24-17-23(20-14-8-3-9-15-20)26-22(19-12-6-2-7-13-19)16-21(25-26)18-10-4-1-5-11-18/h1-16,22-23,25H/t22-,23-/m0/s1. The van der Waals surface area contributed by atoms with Crippen LogP contribution in [0.2, 0.25) is 0 Å². The molecule has 1 N–H and O–H groups in total. The van der Waals surface area contributed by atoms with E-state index in [0.29, 0.717) is 0 Å². The molecule has 0 radical (unpaired) electrons. The number of nitrogens with one attached hydrogen (secondary N) is 1. The number of nitrogens with zero attached hydrogens (tertiary/aromatic N) is 2. The van der Waals surface area contributed by atoms with Crippen LogP contribution in [0, 0.1) is 11.3 Å². The predicted octanol–water partition coefficient (Wildman–Crippen LogP) is 4.85. The highest BCUT2D eigenvalue weighted by molar-refractivity contribution is 5.66. The molecular formula is C23H19N3. The smallest absolute Gasteiger partial charge is 0.142 e. The van der Waals surface area contributed by atoms with Crippen LogP contribution in [0.25, 0.3) is 5.70 Å². The summed E-state index contributed by atoms with van der Waals surface area (Å²) in [5, 5.41) is 11.9. The Balaban J connectivity index is 1.75. The average Bonchev–Trinajstić information content (AvgIpc) is 3.16. The summed E-state index contributed by atoms with van der Waals surface area (Å²) in [6.45, 7) is 0. The third-order valence-electron chi connectivity index (χ3n) is 4.62. The summed E-state index contributed by atoms with van der Waals surface area (Å²) < 4.78 is 0. The van der Waals surface area contributed by atoms with Gasteiger partial charge in [-0.1, -0.05) is 91.0 Å². The van der Waals surface area contributed by atoms with E-state index in [1.54, 1.807) is 0 Å². The molecule has 2 atom stereocenters. The summed E-state index contributed by atoms with van der Waals surface area (Å²) in [5.41, 5.74) is 7.75. The van der Waals surface area contributed by atoms with Gasteiger partial charge in [0.2, 0.25) is 0 Å². The van der Waals surface area contributed by atoms with Crippen LogP contribution in [0.1, 0.15) is 28.8 Å². The molecule has 0 aliphatic carbocycles. The van der Waals surface area contributed by atoms with Gasteiger partial charge in [-0.05, 0) is 22.8 Å². The molecule has 0 fully saturated rings. The molecule has 4 rings (SSSR count). The van der Waals surface area contributed by atoms with Crippen molar-refractivity contribution in [2.45, 2.75) is 12.1 Å². The van der Waals surface area contributed by atoms with Crippen molar-refractivity contribution in [2.75, 3.05) is 0 Å². The first kappa shape index (κ1) is 16.1. The number of hydrazine groups is 1. The lowest BCUT2D eigenvalue weighted by Gasteiger charge is -2.29. The summed E-state index contributed by atoms with van der Waals surface area (Å²) in [4.78, 5) is 0. The Bertz CT molecular complexity index is 927. The second-order valence-corrected chi connectivity index (χ2v) is 6.26. The van der Waals surface area contributed by atoms with Crippen molar-refractivity contribution in [3.05, 3.63) is 114 Å². The first-order valence-electron chi connectivity index (χ1n) is 8.68. The van der Waals surface area contributed by atoms with Crippen LogP contribution in [-0.2, 0) is 0 Å². The maximum absolute atomic E-state index is 9.91. The average molecular weight is 337 g/mol. The topological polar surface area (TPSA) is 39.1 Å². The molecule has 3 heteroatoms. The van der Waals surface area contributed by atoms with Crippen molar-refractivity contribution in [1.29, 1.82) is 5.26 Å². The SMILES string of the molecule is N#C[C@@H](c1ccccc1)N1NC(c2ccccc2)=C[C@H]1c1ccccc1. The Hall–Kier alpha value is -3.35. The zero-order valence-electron chi connectivity index (χ0n) is 14.3. The highest BCUT2D eigenvalue weighted by Gasteiger charge is 2.33. The molecule has 126 valence electrons. The summed E-state index contributed by atoms with van der Waals surface area (Å²) in [5.74, 6) is 0. The van der Waals surface area contributed by atoms with Gasteiger partial charge >= 0.3 is 0 Å². The van der Waals surface area contributed by atoms with E-state index < -0.39 is 0 Å². The van der Waals surface area contributed by atoms with Crippen molar-refractivity contribution < 1.29 is 0 Å². The van der Waals surface area contributed by atoms with Crippen molar-refractivity contribution in [1.82, 2.24) is 10.4 Å². The zero-order valence-corrected chi connectivity index (χ0v) is 14.3. The molecule has 3 aromatic rings. The van der Waals surface area contributed by atoms with E-state index in [9.17, 15) is 5.26 Å². The number of hydrogen-bond acceptors (Lipinski definition) is 3. The number of rotatable bonds is 4. The fourth-order valence-corrected chi connectivity index (χ4v) is 3.33. The Morgan fingerprint density at radius 1 is 0.808 bits per heavy atom. The van der Waals surface area contributed by atoms with Crippen molar-refractivity contribution >= 4 is 5.70 Å². The fourth-order valence-electron chi connectivity index (χ4n) is 3.33. The van der Waals surface area contributed by atoms with E-state index in [1.165, 1.54) is 0 Å². The van der Waals surface area contributed by atoms with Gasteiger partial charge in [-0.15, -0.1) is 0 Å². The van der Waals surface area contributed by atoms with E-state index in [0.717, 1.165) is 22.4 Å². The van der Waals surface area contributed by atoms with Gasteiger partial charge in [0, 0.05) is 0 Å². The minimum Gasteiger partial charge on any atom is -0.316 e. The molecule has 0 saturated heterocycles. The van der Waals surface area contributed by atoms with Gasteiger partial charge < -0.3 is 5.43 Å². The summed E-state index contributed by atoms with van der Waals surface area (Å²) in [7, 11) is 0. The minimum absolute atomic E-state index is 0.0173. The van der Waals surface area contributed by atoms with E-state index in [4.69, 9.17) is 0 Å². The first-order valence-corrected chi connectivity index (χ1v) is 8.68. The molecule has 0 amide bonds. The minimum atomic E-state index is -0.390. The third-order valence-corrected chi connectivity index (χ3v) is 4.62. The van der Waals surface area contributed by atoms with Crippen molar-refractivity contribution in [3.63, 3.8) is 0 Å². The Morgan fingerprint density at radius 3 is 2.00 bits per heavy atom. The lowest BCUT2D eigenvalue weighted by atomic mass is 10.0. The molecular weight excluding hydrogens is 318 g/mol. The Labute approximate surface area is 153 Å². The predicted molar refractivity (Wildman–Crippen MR) is 103 cm³/mol. The highest BCUT2D eigenvalue weighted by atomic mass is 15.6. The maximum atomic E-state index is 9.91. The monoisotopic (exact) mass is 337 g/mol. The number of nitriles is 1. The van der Waals surface area contributed by atoms with Crippen LogP contribution in [0.5, 0.6) is 0 Å². The van der Waals surface area contributed by atoms with Gasteiger partial charge in [-0.25, -0.2) is 0 Å². The Kier molecular flexibility index (Phi) is 4.51. The van der Waals surface area contributed by atoms with Crippen LogP contribution in [0.15, 0.2) is 97.1 Å². The fraction of sp³-hybridized carbons (Fsp3) is 0.0870. The maximum Gasteiger partial charge on any atom is 0.142 e. The largest absolute Gasteiger partial charge is 0.316 e. The Morgan fingerprint density at radius 2 is 1.38 bits per heavy atom. The molecule has 3 nitrogen and oxygen atoms in total. The van der Waals surface area contributed by atoms with Crippen LogP contribution < -0.4 is 5.43 Å². The first-order chi connectivity index (χ1) is 12.9. The van der Waals surface area contributed by atoms with Gasteiger partial charge in [0.25, 0.3) is 0 Å². The van der Waals surface area contributed by atoms with Gasteiger partial charge in [-0.3, -0.25) is 0 Å². The zero-order chi connectivity index (χ0) is 17.8. The molecule has 26 heavy (non-hydrogen) atoms. The lowest BCUT2D eigenvalue weighted by Crippen LogP contribution is -2.37. The molecule has 0 bridgehead atoms. The summed E-state index contributed by atoms with van der Waals surface area (Å²) in [6.07, 6.45) is 2.19.